The fraction of sp³-hybridized carbons (Fsp3) is 0.118. The number of hydrogen-bond donors (Lipinski definition) is 1. The molecule has 0 bridgehead atoms. The van der Waals surface area contributed by atoms with E-state index in [1.807, 2.05) is 18.2 Å². The monoisotopic (exact) mass is 352 g/mol. The van der Waals surface area contributed by atoms with Gasteiger partial charge < -0.3 is 14.6 Å². The van der Waals surface area contributed by atoms with E-state index in [-0.39, 0.29) is 6.61 Å². The first-order valence-corrected chi connectivity index (χ1v) is 7.41. The lowest BCUT2D eigenvalue weighted by molar-refractivity contribution is -0.131. The fourth-order valence-electron chi connectivity index (χ4n) is 1.91. The number of hydrogen-bond acceptors (Lipinski definition) is 3. The number of carboxylic acid groups (broad SMARTS) is 1. The average molecular weight is 353 g/mol. The Morgan fingerprint density at radius 1 is 1.22 bits per heavy atom. The number of aliphatic carboxylic acids is 1. The van der Waals surface area contributed by atoms with Crippen LogP contribution in [0.15, 0.2) is 42.5 Å². The van der Waals surface area contributed by atoms with Crippen LogP contribution in [0.2, 0.25) is 10.0 Å². The van der Waals surface area contributed by atoms with Crippen LogP contribution < -0.4 is 9.47 Å². The maximum Gasteiger partial charge on any atom is 0.328 e. The quantitative estimate of drug-likeness (QED) is 0.767. The highest BCUT2D eigenvalue weighted by Gasteiger charge is 2.12. The second-order valence-electron chi connectivity index (χ2n) is 4.59. The van der Waals surface area contributed by atoms with Crippen molar-refractivity contribution < 1.29 is 19.4 Å². The minimum Gasteiger partial charge on any atom is -0.493 e. The van der Waals surface area contributed by atoms with Gasteiger partial charge in [0.15, 0.2) is 11.5 Å². The SMILES string of the molecule is COc1cc(/C=C/C(=O)O)cc(Cl)c1OCc1ccccc1Cl. The van der Waals surface area contributed by atoms with Crippen molar-refractivity contribution in [1.82, 2.24) is 0 Å². The number of ether oxygens (including phenoxy) is 2. The lowest BCUT2D eigenvalue weighted by Crippen LogP contribution is -1.99. The van der Waals surface area contributed by atoms with Crippen molar-refractivity contribution in [3.63, 3.8) is 0 Å². The Morgan fingerprint density at radius 3 is 2.61 bits per heavy atom. The first kappa shape index (κ1) is 17.2. The number of rotatable bonds is 6. The Balaban J connectivity index is 2.24. The van der Waals surface area contributed by atoms with E-state index in [0.717, 1.165) is 11.6 Å². The van der Waals surface area contributed by atoms with E-state index in [0.29, 0.717) is 27.1 Å². The summed E-state index contributed by atoms with van der Waals surface area (Å²) < 4.78 is 11.0. The third-order valence-electron chi connectivity index (χ3n) is 3.00. The van der Waals surface area contributed by atoms with Crippen molar-refractivity contribution in [3.8, 4) is 11.5 Å². The minimum atomic E-state index is -1.04. The summed E-state index contributed by atoms with van der Waals surface area (Å²) in [4.78, 5) is 10.6. The Kier molecular flexibility index (Phi) is 5.90. The van der Waals surface area contributed by atoms with Gasteiger partial charge in [-0.2, -0.15) is 0 Å². The van der Waals surface area contributed by atoms with Crippen LogP contribution in [-0.2, 0) is 11.4 Å². The molecule has 0 aliphatic rings. The molecule has 120 valence electrons. The molecule has 0 saturated heterocycles. The molecule has 4 nitrogen and oxygen atoms in total. The van der Waals surface area contributed by atoms with Crippen molar-refractivity contribution >= 4 is 35.2 Å². The molecule has 0 heterocycles. The molecule has 0 spiro atoms. The van der Waals surface area contributed by atoms with Crippen LogP contribution in [0.25, 0.3) is 6.08 Å². The smallest absolute Gasteiger partial charge is 0.328 e. The van der Waals surface area contributed by atoms with E-state index in [1.54, 1.807) is 18.2 Å². The standard InChI is InChI=1S/C17H14Cl2O4/c1-22-15-9-11(6-7-16(20)21)8-14(19)17(15)23-10-12-4-2-3-5-13(12)18/h2-9H,10H2,1H3,(H,20,21)/b7-6+. The molecule has 6 heteroatoms. The highest BCUT2D eigenvalue weighted by Crippen LogP contribution is 2.37. The first-order valence-electron chi connectivity index (χ1n) is 6.66. The molecular formula is C17H14Cl2O4. The molecule has 0 aliphatic carbocycles. The van der Waals surface area contributed by atoms with Crippen LogP contribution in [0.4, 0.5) is 0 Å². The summed E-state index contributed by atoms with van der Waals surface area (Å²) in [5.41, 5.74) is 1.42. The zero-order chi connectivity index (χ0) is 16.8. The number of benzene rings is 2. The molecule has 0 aliphatic heterocycles. The van der Waals surface area contributed by atoms with Gasteiger partial charge in [0.05, 0.1) is 12.1 Å². The third kappa shape index (κ3) is 4.65. The zero-order valence-electron chi connectivity index (χ0n) is 12.3. The van der Waals surface area contributed by atoms with Gasteiger partial charge in [0, 0.05) is 16.7 Å². The van der Waals surface area contributed by atoms with Gasteiger partial charge in [-0.3, -0.25) is 0 Å². The van der Waals surface area contributed by atoms with Crippen LogP contribution in [0.1, 0.15) is 11.1 Å². The van der Waals surface area contributed by atoms with E-state index < -0.39 is 5.97 Å². The van der Waals surface area contributed by atoms with Crippen molar-refractivity contribution in [1.29, 1.82) is 0 Å². The Labute approximate surface area is 143 Å². The van der Waals surface area contributed by atoms with Crippen LogP contribution in [-0.4, -0.2) is 18.2 Å². The number of methoxy groups -OCH3 is 1. The minimum absolute atomic E-state index is 0.236. The second-order valence-corrected chi connectivity index (χ2v) is 5.40. The second kappa shape index (κ2) is 7.90. The van der Waals surface area contributed by atoms with E-state index in [2.05, 4.69) is 0 Å². The third-order valence-corrected chi connectivity index (χ3v) is 3.65. The molecule has 2 aromatic rings. The van der Waals surface area contributed by atoms with Crippen LogP contribution in [0.3, 0.4) is 0 Å². The van der Waals surface area contributed by atoms with Gasteiger partial charge in [-0.15, -0.1) is 0 Å². The fourth-order valence-corrected chi connectivity index (χ4v) is 2.37. The molecule has 0 aromatic heterocycles. The average Bonchev–Trinajstić information content (AvgIpc) is 2.52. The lowest BCUT2D eigenvalue weighted by atomic mass is 10.2. The number of carbonyl (C=O) groups is 1. The molecular weight excluding hydrogens is 339 g/mol. The first-order chi connectivity index (χ1) is 11.0. The summed E-state index contributed by atoms with van der Waals surface area (Å²) in [6.07, 6.45) is 2.45. The summed E-state index contributed by atoms with van der Waals surface area (Å²) >= 11 is 12.3. The van der Waals surface area contributed by atoms with Crippen molar-refractivity contribution in [3.05, 3.63) is 63.6 Å². The molecule has 2 rings (SSSR count). The topological polar surface area (TPSA) is 55.8 Å². The molecule has 0 radical (unpaired) electrons. The van der Waals surface area contributed by atoms with Gasteiger partial charge in [0.2, 0.25) is 0 Å². The normalized spacial score (nSPS) is 10.7. The summed E-state index contributed by atoms with van der Waals surface area (Å²) in [7, 11) is 1.48. The summed E-state index contributed by atoms with van der Waals surface area (Å²) in [6, 6.07) is 10.6. The maximum absolute atomic E-state index is 10.6. The van der Waals surface area contributed by atoms with Crippen molar-refractivity contribution in [2.75, 3.05) is 7.11 Å². The van der Waals surface area contributed by atoms with Crippen molar-refractivity contribution in [2.45, 2.75) is 6.61 Å². The van der Waals surface area contributed by atoms with Crippen LogP contribution in [0, 0.1) is 0 Å². The molecule has 2 aromatic carbocycles. The highest BCUT2D eigenvalue weighted by molar-refractivity contribution is 6.32. The summed E-state index contributed by atoms with van der Waals surface area (Å²) in [5, 5.41) is 9.59. The predicted octanol–water partition coefficient (Wildman–Crippen LogP) is 4.68. The largest absolute Gasteiger partial charge is 0.493 e. The molecule has 0 saturated carbocycles. The maximum atomic E-state index is 10.6. The van der Waals surface area contributed by atoms with Gasteiger partial charge in [0.25, 0.3) is 0 Å². The van der Waals surface area contributed by atoms with Gasteiger partial charge in [-0.1, -0.05) is 41.4 Å². The van der Waals surface area contributed by atoms with Crippen molar-refractivity contribution in [2.24, 2.45) is 0 Å². The van der Waals surface area contributed by atoms with E-state index in [4.69, 9.17) is 37.8 Å². The Morgan fingerprint density at radius 2 is 1.96 bits per heavy atom. The van der Waals surface area contributed by atoms with E-state index in [1.165, 1.54) is 13.2 Å². The van der Waals surface area contributed by atoms with Gasteiger partial charge in [-0.25, -0.2) is 4.79 Å². The van der Waals surface area contributed by atoms with E-state index >= 15 is 0 Å². The van der Waals surface area contributed by atoms with E-state index in [9.17, 15) is 4.79 Å². The highest BCUT2D eigenvalue weighted by atomic mass is 35.5. The predicted molar refractivity (Wildman–Crippen MR) is 90.5 cm³/mol. The van der Waals surface area contributed by atoms with Gasteiger partial charge in [0.1, 0.15) is 6.61 Å². The number of carboxylic acids is 1. The Bertz CT molecular complexity index is 741. The van der Waals surface area contributed by atoms with Crippen LogP contribution in [0.5, 0.6) is 11.5 Å². The van der Waals surface area contributed by atoms with Gasteiger partial charge >= 0.3 is 5.97 Å². The Hall–Kier alpha value is -2.17. The molecule has 0 atom stereocenters. The lowest BCUT2D eigenvalue weighted by Gasteiger charge is -2.14. The summed E-state index contributed by atoms with van der Waals surface area (Å²) in [6.45, 7) is 0.236. The molecule has 23 heavy (non-hydrogen) atoms. The molecule has 0 amide bonds. The van der Waals surface area contributed by atoms with Crippen LogP contribution >= 0.6 is 23.2 Å². The molecule has 0 fully saturated rings. The zero-order valence-corrected chi connectivity index (χ0v) is 13.8. The summed E-state index contributed by atoms with van der Waals surface area (Å²) in [5.74, 6) is -0.254. The number of halogens is 2. The molecule has 0 unspecified atom stereocenters. The van der Waals surface area contributed by atoms with Gasteiger partial charge in [-0.05, 0) is 29.8 Å². The molecule has 1 N–H and O–H groups in total.